The van der Waals surface area contributed by atoms with Crippen LogP contribution in [0.4, 0.5) is 5.69 Å². The van der Waals surface area contributed by atoms with Gasteiger partial charge in [-0.3, -0.25) is 0 Å². The molecule has 2 fully saturated rings. The van der Waals surface area contributed by atoms with Gasteiger partial charge in [0.05, 0.1) is 0 Å². The third-order valence-electron chi connectivity index (χ3n) is 6.01. The van der Waals surface area contributed by atoms with E-state index in [0.29, 0.717) is 5.41 Å². The maximum Gasteiger partial charge on any atom is 0.0363 e. The van der Waals surface area contributed by atoms with Crippen LogP contribution in [0.15, 0.2) is 30.3 Å². The van der Waals surface area contributed by atoms with Crippen LogP contribution in [0.5, 0.6) is 0 Å². The van der Waals surface area contributed by atoms with Crippen LogP contribution in [0.25, 0.3) is 0 Å². The first-order chi connectivity index (χ1) is 11.3. The summed E-state index contributed by atoms with van der Waals surface area (Å²) in [6, 6.07) is 11.4. The van der Waals surface area contributed by atoms with Crippen molar-refractivity contribution >= 4 is 5.69 Å². The van der Waals surface area contributed by atoms with E-state index in [1.165, 1.54) is 63.7 Å². The summed E-state index contributed by atoms with van der Waals surface area (Å²) in [5, 5.41) is 7.32. The highest BCUT2D eigenvalue weighted by Gasteiger charge is 2.35. The fourth-order valence-electron chi connectivity index (χ4n) is 4.33. The average Bonchev–Trinajstić information content (AvgIpc) is 2.62. The molecule has 1 saturated heterocycles. The molecule has 23 heavy (non-hydrogen) atoms. The number of nitrogens with zero attached hydrogens (tertiary/aromatic N) is 1. The van der Waals surface area contributed by atoms with Crippen LogP contribution in [0, 0.1) is 5.41 Å². The van der Waals surface area contributed by atoms with Crippen molar-refractivity contribution in [2.75, 3.05) is 38.1 Å². The second-order valence-electron chi connectivity index (χ2n) is 7.59. The molecule has 1 aromatic carbocycles. The van der Waals surface area contributed by atoms with Crippen LogP contribution in [-0.2, 0) is 0 Å². The Balaban J connectivity index is 1.31. The minimum absolute atomic E-state index is 0.691. The van der Waals surface area contributed by atoms with Crippen LogP contribution in [0.1, 0.15) is 44.9 Å². The topological polar surface area (TPSA) is 27.3 Å². The summed E-state index contributed by atoms with van der Waals surface area (Å²) in [6.45, 7) is 4.75. The number of nitrogens with one attached hydrogen (secondary N) is 2. The van der Waals surface area contributed by atoms with Crippen molar-refractivity contribution in [1.82, 2.24) is 10.6 Å². The number of piperidine rings is 1. The first-order valence-corrected chi connectivity index (χ1v) is 9.48. The lowest BCUT2D eigenvalue weighted by molar-refractivity contribution is 0.116. The summed E-state index contributed by atoms with van der Waals surface area (Å²) in [6.07, 6.45) is 9.68. The Morgan fingerprint density at radius 3 is 2.48 bits per heavy atom. The van der Waals surface area contributed by atoms with Crippen molar-refractivity contribution in [3.05, 3.63) is 30.3 Å². The molecule has 0 atom stereocenters. The molecule has 1 heterocycles. The second kappa shape index (κ2) is 8.16. The number of hydrogen-bond donors (Lipinski definition) is 2. The highest BCUT2D eigenvalue weighted by molar-refractivity contribution is 5.44. The summed E-state index contributed by atoms with van der Waals surface area (Å²) >= 11 is 0. The van der Waals surface area contributed by atoms with Crippen LogP contribution in [0.3, 0.4) is 0 Å². The Bertz CT molecular complexity index is 443. The molecule has 1 aliphatic heterocycles. The van der Waals surface area contributed by atoms with E-state index in [9.17, 15) is 0 Å². The van der Waals surface area contributed by atoms with Crippen molar-refractivity contribution in [2.24, 2.45) is 5.41 Å². The van der Waals surface area contributed by atoms with Gasteiger partial charge in [-0.2, -0.15) is 0 Å². The van der Waals surface area contributed by atoms with Crippen LogP contribution >= 0.6 is 0 Å². The molecule has 0 radical (unpaired) electrons. The highest BCUT2D eigenvalue weighted by Crippen LogP contribution is 2.43. The van der Waals surface area contributed by atoms with E-state index in [1.54, 1.807) is 0 Å². The molecule has 1 spiro atoms. The van der Waals surface area contributed by atoms with Gasteiger partial charge in [0.2, 0.25) is 0 Å². The second-order valence-corrected chi connectivity index (χ2v) is 7.59. The first kappa shape index (κ1) is 16.8. The molecule has 0 unspecified atom stereocenters. The summed E-state index contributed by atoms with van der Waals surface area (Å²) in [5.74, 6) is 0. The number of benzene rings is 1. The van der Waals surface area contributed by atoms with E-state index >= 15 is 0 Å². The van der Waals surface area contributed by atoms with Gasteiger partial charge >= 0.3 is 0 Å². The van der Waals surface area contributed by atoms with Gasteiger partial charge in [-0.25, -0.2) is 0 Å². The molecule has 128 valence electrons. The molecule has 3 rings (SSSR count). The van der Waals surface area contributed by atoms with E-state index in [0.717, 1.165) is 19.1 Å². The fraction of sp³-hybridized carbons (Fsp3) is 0.700. The van der Waals surface area contributed by atoms with Crippen molar-refractivity contribution in [3.8, 4) is 0 Å². The fourth-order valence-corrected chi connectivity index (χ4v) is 4.33. The van der Waals surface area contributed by atoms with Gasteiger partial charge in [0, 0.05) is 25.3 Å². The molecule has 1 aliphatic carbocycles. The molecule has 0 aromatic heterocycles. The normalized spacial score (nSPS) is 21.4. The molecule has 1 saturated carbocycles. The Morgan fingerprint density at radius 2 is 1.78 bits per heavy atom. The average molecular weight is 316 g/mol. The molecule has 0 bridgehead atoms. The van der Waals surface area contributed by atoms with Gasteiger partial charge in [0.15, 0.2) is 0 Å². The van der Waals surface area contributed by atoms with Crippen molar-refractivity contribution < 1.29 is 0 Å². The lowest BCUT2D eigenvalue weighted by Gasteiger charge is -2.43. The van der Waals surface area contributed by atoms with Gasteiger partial charge in [-0.05, 0) is 82.1 Å². The van der Waals surface area contributed by atoms with Gasteiger partial charge in [-0.15, -0.1) is 0 Å². The standard InChI is InChI=1S/C20H33N3/c1-23(19-6-3-2-4-7-19)17-5-14-22-18-8-10-20(11-9-18)12-15-21-16-13-20/h2-4,6-7,18,21-22H,5,8-17H2,1H3. The Kier molecular flexibility index (Phi) is 5.96. The van der Waals surface area contributed by atoms with Crippen molar-refractivity contribution in [1.29, 1.82) is 0 Å². The number of hydrogen-bond acceptors (Lipinski definition) is 3. The molecular weight excluding hydrogens is 282 g/mol. The van der Waals surface area contributed by atoms with Gasteiger partial charge in [0.1, 0.15) is 0 Å². The zero-order chi connectivity index (χ0) is 16.0. The molecule has 3 nitrogen and oxygen atoms in total. The number of anilines is 1. The van der Waals surface area contributed by atoms with Crippen molar-refractivity contribution in [2.45, 2.75) is 51.0 Å². The lowest BCUT2D eigenvalue weighted by atomic mass is 9.67. The zero-order valence-electron chi connectivity index (χ0n) is 14.7. The molecule has 2 N–H and O–H groups in total. The Morgan fingerprint density at radius 1 is 1.09 bits per heavy atom. The number of rotatable bonds is 6. The Labute approximate surface area is 141 Å². The third-order valence-corrected chi connectivity index (χ3v) is 6.01. The van der Waals surface area contributed by atoms with Crippen LogP contribution in [0.2, 0.25) is 0 Å². The van der Waals surface area contributed by atoms with Crippen molar-refractivity contribution in [3.63, 3.8) is 0 Å². The minimum atomic E-state index is 0.691. The predicted octanol–water partition coefficient (Wildman–Crippen LogP) is 3.41. The monoisotopic (exact) mass is 315 g/mol. The van der Waals surface area contributed by atoms with Crippen LogP contribution in [-0.4, -0.2) is 39.3 Å². The largest absolute Gasteiger partial charge is 0.375 e. The quantitative estimate of drug-likeness (QED) is 0.788. The minimum Gasteiger partial charge on any atom is -0.375 e. The van der Waals surface area contributed by atoms with E-state index in [-0.39, 0.29) is 0 Å². The SMILES string of the molecule is CN(CCCNC1CCC2(CCNCC2)CC1)c1ccccc1. The molecule has 0 amide bonds. The number of para-hydroxylation sites is 1. The van der Waals surface area contributed by atoms with E-state index in [4.69, 9.17) is 0 Å². The highest BCUT2D eigenvalue weighted by atomic mass is 15.1. The van der Waals surface area contributed by atoms with Gasteiger partial charge in [0.25, 0.3) is 0 Å². The van der Waals surface area contributed by atoms with Gasteiger partial charge in [-0.1, -0.05) is 18.2 Å². The van der Waals surface area contributed by atoms with E-state index < -0.39 is 0 Å². The van der Waals surface area contributed by atoms with E-state index in [1.807, 2.05) is 0 Å². The summed E-state index contributed by atoms with van der Waals surface area (Å²) < 4.78 is 0. The summed E-state index contributed by atoms with van der Waals surface area (Å²) in [5.41, 5.74) is 2.01. The molecule has 2 aliphatic rings. The maximum atomic E-state index is 3.81. The summed E-state index contributed by atoms with van der Waals surface area (Å²) in [7, 11) is 2.19. The van der Waals surface area contributed by atoms with E-state index in [2.05, 4.69) is 52.9 Å². The lowest BCUT2D eigenvalue weighted by Crippen LogP contribution is -2.43. The molecule has 3 heteroatoms. The first-order valence-electron chi connectivity index (χ1n) is 9.48. The van der Waals surface area contributed by atoms with Crippen LogP contribution < -0.4 is 15.5 Å². The Hall–Kier alpha value is -1.06. The summed E-state index contributed by atoms with van der Waals surface area (Å²) in [4.78, 5) is 2.35. The maximum absolute atomic E-state index is 3.81. The van der Waals surface area contributed by atoms with Gasteiger partial charge < -0.3 is 15.5 Å². The molecular formula is C20H33N3. The zero-order valence-corrected chi connectivity index (χ0v) is 14.7. The smallest absolute Gasteiger partial charge is 0.0363 e. The predicted molar refractivity (Wildman–Crippen MR) is 99.1 cm³/mol. The molecule has 1 aromatic rings. The third kappa shape index (κ3) is 4.71.